The monoisotopic (exact) mass is 181 g/mol. The molecule has 0 heterocycles. The molecule has 1 nitrogen and oxygen atoms in total. The molecule has 0 aromatic carbocycles. The van der Waals surface area contributed by atoms with Gasteiger partial charge in [0.1, 0.15) is 0 Å². The predicted molar refractivity (Wildman–Crippen MR) is 56.7 cm³/mol. The molecule has 2 rings (SSSR count). The molecule has 2 unspecified atom stereocenters. The topological polar surface area (TPSA) is 12.0 Å². The van der Waals surface area contributed by atoms with Crippen LogP contribution in [-0.4, -0.2) is 12.1 Å². The van der Waals surface area contributed by atoms with Crippen molar-refractivity contribution in [3.63, 3.8) is 0 Å². The van der Waals surface area contributed by atoms with Gasteiger partial charge in [-0.25, -0.2) is 0 Å². The lowest BCUT2D eigenvalue weighted by molar-refractivity contribution is 0.334. The fourth-order valence-corrected chi connectivity index (χ4v) is 2.74. The Kier molecular flexibility index (Phi) is 2.92. The maximum Gasteiger partial charge on any atom is 0.00695 e. The third kappa shape index (κ3) is 2.46. The molecule has 0 bridgehead atoms. The zero-order valence-electron chi connectivity index (χ0n) is 9.05. The molecular weight excluding hydrogens is 158 g/mol. The van der Waals surface area contributed by atoms with E-state index >= 15 is 0 Å². The van der Waals surface area contributed by atoms with E-state index in [2.05, 4.69) is 19.2 Å². The van der Waals surface area contributed by atoms with Gasteiger partial charge >= 0.3 is 0 Å². The minimum Gasteiger partial charge on any atom is -0.311 e. The Morgan fingerprint density at radius 1 is 0.846 bits per heavy atom. The molecule has 0 aromatic rings. The molecule has 0 radical (unpaired) electrons. The van der Waals surface area contributed by atoms with Crippen LogP contribution in [0, 0.1) is 11.8 Å². The van der Waals surface area contributed by atoms with Gasteiger partial charge in [-0.05, 0) is 51.4 Å². The third-order valence-electron chi connectivity index (χ3n) is 3.96. The Morgan fingerprint density at radius 2 is 1.31 bits per heavy atom. The standard InChI is InChI=1S/C12H23N/c1-9(11-5-3-4-6-11)13-10(2)12-7-8-12/h9-13H,3-8H2,1-2H3. The van der Waals surface area contributed by atoms with Crippen LogP contribution in [0.4, 0.5) is 0 Å². The van der Waals surface area contributed by atoms with Gasteiger partial charge in [-0.3, -0.25) is 0 Å². The SMILES string of the molecule is CC(NC(C)C1CC1)C1CCCC1. The zero-order chi connectivity index (χ0) is 9.26. The summed E-state index contributed by atoms with van der Waals surface area (Å²) < 4.78 is 0. The maximum absolute atomic E-state index is 3.78. The van der Waals surface area contributed by atoms with E-state index in [1.807, 2.05) is 0 Å². The van der Waals surface area contributed by atoms with E-state index in [9.17, 15) is 0 Å². The van der Waals surface area contributed by atoms with Gasteiger partial charge in [-0.15, -0.1) is 0 Å². The molecule has 0 aromatic heterocycles. The Labute approximate surface area is 82.3 Å². The maximum atomic E-state index is 3.78. The van der Waals surface area contributed by atoms with Crippen molar-refractivity contribution in [1.29, 1.82) is 0 Å². The quantitative estimate of drug-likeness (QED) is 0.703. The van der Waals surface area contributed by atoms with Crippen LogP contribution in [0.25, 0.3) is 0 Å². The Bertz CT molecular complexity index is 157. The highest BCUT2D eigenvalue weighted by molar-refractivity contribution is 4.87. The third-order valence-corrected chi connectivity index (χ3v) is 3.96. The zero-order valence-corrected chi connectivity index (χ0v) is 9.05. The van der Waals surface area contributed by atoms with Crippen molar-refractivity contribution in [2.45, 2.75) is 64.5 Å². The summed E-state index contributed by atoms with van der Waals surface area (Å²) in [5.41, 5.74) is 0. The highest BCUT2D eigenvalue weighted by Crippen LogP contribution is 2.34. The largest absolute Gasteiger partial charge is 0.311 e. The summed E-state index contributed by atoms with van der Waals surface area (Å²) in [7, 11) is 0. The molecule has 2 aliphatic carbocycles. The second-order valence-corrected chi connectivity index (χ2v) is 5.13. The van der Waals surface area contributed by atoms with Crippen molar-refractivity contribution >= 4 is 0 Å². The van der Waals surface area contributed by atoms with Crippen LogP contribution in [0.2, 0.25) is 0 Å². The first-order chi connectivity index (χ1) is 6.27. The minimum atomic E-state index is 0.762. The molecule has 1 heteroatoms. The minimum absolute atomic E-state index is 0.762. The molecule has 2 aliphatic rings. The second-order valence-electron chi connectivity index (χ2n) is 5.13. The van der Waals surface area contributed by atoms with Crippen molar-refractivity contribution < 1.29 is 0 Å². The molecule has 0 spiro atoms. The average molecular weight is 181 g/mol. The lowest BCUT2D eigenvalue weighted by Crippen LogP contribution is -2.39. The van der Waals surface area contributed by atoms with Gasteiger partial charge < -0.3 is 5.32 Å². The number of rotatable bonds is 4. The summed E-state index contributed by atoms with van der Waals surface area (Å²) in [4.78, 5) is 0. The number of hydrogen-bond donors (Lipinski definition) is 1. The van der Waals surface area contributed by atoms with Crippen molar-refractivity contribution in [2.75, 3.05) is 0 Å². The van der Waals surface area contributed by atoms with E-state index in [1.165, 1.54) is 38.5 Å². The second kappa shape index (κ2) is 4.00. The summed E-state index contributed by atoms with van der Waals surface area (Å²) >= 11 is 0. The summed E-state index contributed by atoms with van der Waals surface area (Å²) in [5, 5.41) is 3.78. The van der Waals surface area contributed by atoms with Crippen LogP contribution in [0.5, 0.6) is 0 Å². The molecule has 0 amide bonds. The highest BCUT2D eigenvalue weighted by Gasteiger charge is 2.30. The van der Waals surface area contributed by atoms with Crippen LogP contribution < -0.4 is 5.32 Å². The lowest BCUT2D eigenvalue weighted by Gasteiger charge is -2.24. The Morgan fingerprint density at radius 3 is 1.77 bits per heavy atom. The van der Waals surface area contributed by atoms with Gasteiger partial charge in [-0.2, -0.15) is 0 Å². The van der Waals surface area contributed by atoms with E-state index in [0.29, 0.717) is 0 Å². The van der Waals surface area contributed by atoms with Crippen LogP contribution in [0.1, 0.15) is 52.4 Å². The van der Waals surface area contributed by atoms with Crippen molar-refractivity contribution in [3.05, 3.63) is 0 Å². The fourth-order valence-electron chi connectivity index (χ4n) is 2.74. The molecule has 2 atom stereocenters. The summed E-state index contributed by atoms with van der Waals surface area (Å²) in [6, 6.07) is 1.54. The van der Waals surface area contributed by atoms with Crippen molar-refractivity contribution in [3.8, 4) is 0 Å². The predicted octanol–water partition coefficient (Wildman–Crippen LogP) is 2.95. The molecule has 2 saturated carbocycles. The van der Waals surface area contributed by atoms with Gasteiger partial charge in [-0.1, -0.05) is 12.8 Å². The van der Waals surface area contributed by atoms with Crippen LogP contribution in [0.3, 0.4) is 0 Å². The van der Waals surface area contributed by atoms with Crippen molar-refractivity contribution in [2.24, 2.45) is 11.8 Å². The lowest BCUT2D eigenvalue weighted by atomic mass is 9.98. The molecule has 0 aliphatic heterocycles. The smallest absolute Gasteiger partial charge is 0.00695 e. The fraction of sp³-hybridized carbons (Fsp3) is 1.00. The summed E-state index contributed by atoms with van der Waals surface area (Å²) in [6.45, 7) is 4.75. The van der Waals surface area contributed by atoms with E-state index in [4.69, 9.17) is 0 Å². The number of hydrogen-bond acceptors (Lipinski definition) is 1. The van der Waals surface area contributed by atoms with E-state index < -0.39 is 0 Å². The summed E-state index contributed by atoms with van der Waals surface area (Å²) in [5.74, 6) is 1.98. The van der Waals surface area contributed by atoms with Crippen LogP contribution in [-0.2, 0) is 0 Å². The van der Waals surface area contributed by atoms with Crippen molar-refractivity contribution in [1.82, 2.24) is 5.32 Å². The average Bonchev–Trinajstić information content (AvgIpc) is 2.81. The van der Waals surface area contributed by atoms with Gasteiger partial charge in [0.25, 0.3) is 0 Å². The Balaban J connectivity index is 1.72. The molecule has 0 saturated heterocycles. The van der Waals surface area contributed by atoms with Gasteiger partial charge in [0.15, 0.2) is 0 Å². The molecule has 1 N–H and O–H groups in total. The molecular formula is C12H23N. The van der Waals surface area contributed by atoms with Gasteiger partial charge in [0.05, 0.1) is 0 Å². The molecule has 2 fully saturated rings. The highest BCUT2D eigenvalue weighted by atomic mass is 15.0. The van der Waals surface area contributed by atoms with Gasteiger partial charge in [0.2, 0.25) is 0 Å². The van der Waals surface area contributed by atoms with E-state index in [0.717, 1.165) is 23.9 Å². The number of nitrogens with one attached hydrogen (secondary N) is 1. The van der Waals surface area contributed by atoms with Gasteiger partial charge in [0, 0.05) is 12.1 Å². The molecule has 76 valence electrons. The summed E-state index contributed by atoms with van der Waals surface area (Å²) in [6.07, 6.45) is 8.79. The Hall–Kier alpha value is -0.0400. The first-order valence-electron chi connectivity index (χ1n) is 6.03. The normalized spacial score (nSPS) is 29.1. The van der Waals surface area contributed by atoms with E-state index in [-0.39, 0.29) is 0 Å². The van der Waals surface area contributed by atoms with Crippen LogP contribution >= 0.6 is 0 Å². The van der Waals surface area contributed by atoms with Crippen LogP contribution in [0.15, 0.2) is 0 Å². The van der Waals surface area contributed by atoms with E-state index in [1.54, 1.807) is 0 Å². The first-order valence-corrected chi connectivity index (χ1v) is 6.03. The first kappa shape index (κ1) is 9.51. The molecule has 13 heavy (non-hydrogen) atoms.